The highest BCUT2D eigenvalue weighted by Gasteiger charge is 2.09. The van der Waals surface area contributed by atoms with Crippen LogP contribution in [0.1, 0.15) is 5.69 Å². The van der Waals surface area contributed by atoms with E-state index in [1.54, 1.807) is 0 Å². The number of rotatable bonds is 2. The van der Waals surface area contributed by atoms with Gasteiger partial charge in [-0.25, -0.2) is 4.52 Å². The highest BCUT2D eigenvalue weighted by molar-refractivity contribution is 5.71. The summed E-state index contributed by atoms with van der Waals surface area (Å²) in [5, 5.41) is 3.87. The lowest BCUT2D eigenvalue weighted by atomic mass is 10.3. The minimum atomic E-state index is -0.433. The zero-order valence-corrected chi connectivity index (χ0v) is 7.93. The molecule has 1 N–H and O–H groups in total. The van der Waals surface area contributed by atoms with Gasteiger partial charge in [-0.05, 0) is 0 Å². The number of hydrogen-bond acceptors (Lipinski definition) is 5. The molecule has 2 rings (SSSR count). The van der Waals surface area contributed by atoms with Gasteiger partial charge in [0.1, 0.15) is 6.33 Å². The molecule has 0 aromatic carbocycles. The summed E-state index contributed by atoms with van der Waals surface area (Å²) < 4.78 is 5.89. The maximum absolute atomic E-state index is 11.2. The van der Waals surface area contributed by atoms with Crippen molar-refractivity contribution >= 4 is 11.7 Å². The molecule has 0 aliphatic carbocycles. The molecule has 0 aliphatic rings. The molecular weight excluding hydrogens is 200 g/mol. The summed E-state index contributed by atoms with van der Waals surface area (Å²) in [5.74, 6) is -0.126. The van der Waals surface area contributed by atoms with E-state index >= 15 is 0 Å². The molecule has 0 aliphatic heterocycles. The first kappa shape index (κ1) is 9.38. The zero-order chi connectivity index (χ0) is 10.8. The van der Waals surface area contributed by atoms with E-state index in [9.17, 15) is 9.59 Å². The van der Waals surface area contributed by atoms with Gasteiger partial charge in [0.15, 0.2) is 0 Å². The number of hydrogen-bond donors (Lipinski definition) is 1. The third-order valence-electron chi connectivity index (χ3n) is 1.91. The number of H-pyrrole nitrogens is 1. The van der Waals surface area contributed by atoms with Gasteiger partial charge in [-0.2, -0.15) is 10.1 Å². The van der Waals surface area contributed by atoms with Crippen LogP contribution in [0.4, 0.5) is 0 Å². The summed E-state index contributed by atoms with van der Waals surface area (Å²) in [4.78, 5) is 28.5. The number of aromatic amines is 1. The van der Waals surface area contributed by atoms with E-state index in [1.165, 1.54) is 24.0 Å². The number of carbonyl (C=O) groups excluding carboxylic acids is 1. The quantitative estimate of drug-likeness (QED) is 0.648. The molecule has 78 valence electrons. The maximum Gasteiger partial charge on any atom is 0.311 e. The first-order chi connectivity index (χ1) is 7.20. The lowest BCUT2D eigenvalue weighted by Crippen LogP contribution is -2.16. The summed E-state index contributed by atoms with van der Waals surface area (Å²) in [5.41, 5.74) is 0.118. The van der Waals surface area contributed by atoms with Gasteiger partial charge in [0, 0.05) is 6.07 Å². The van der Waals surface area contributed by atoms with Crippen LogP contribution in [0.2, 0.25) is 0 Å². The predicted octanol–water partition coefficient (Wildman–Crippen LogP) is -0.867. The summed E-state index contributed by atoms with van der Waals surface area (Å²) >= 11 is 0. The van der Waals surface area contributed by atoms with E-state index in [4.69, 9.17) is 0 Å². The topological polar surface area (TPSA) is 89.4 Å². The van der Waals surface area contributed by atoms with Crippen molar-refractivity contribution in [3.05, 3.63) is 28.4 Å². The molecular formula is C8H8N4O3. The molecule has 0 spiro atoms. The molecule has 0 saturated carbocycles. The molecule has 0 unspecified atom stereocenters. The Labute approximate surface area is 83.7 Å². The summed E-state index contributed by atoms with van der Waals surface area (Å²) in [7, 11) is 1.29. The fourth-order valence-electron chi connectivity index (χ4n) is 1.24. The largest absolute Gasteiger partial charge is 0.469 e. The van der Waals surface area contributed by atoms with Crippen molar-refractivity contribution < 1.29 is 9.53 Å². The molecule has 2 aromatic heterocycles. The lowest BCUT2D eigenvalue weighted by molar-refractivity contribution is -0.139. The first-order valence-electron chi connectivity index (χ1n) is 4.19. The Morgan fingerprint density at radius 3 is 3.20 bits per heavy atom. The van der Waals surface area contributed by atoms with E-state index in [-0.39, 0.29) is 12.0 Å². The van der Waals surface area contributed by atoms with Crippen LogP contribution in [-0.2, 0) is 16.0 Å². The van der Waals surface area contributed by atoms with E-state index < -0.39 is 5.97 Å². The summed E-state index contributed by atoms with van der Waals surface area (Å²) in [6.07, 6.45) is 1.28. The summed E-state index contributed by atoms with van der Waals surface area (Å²) in [6, 6.07) is 1.29. The Kier molecular flexibility index (Phi) is 2.20. The van der Waals surface area contributed by atoms with E-state index in [1.807, 2.05) is 0 Å². The minimum Gasteiger partial charge on any atom is -0.469 e. The molecule has 15 heavy (non-hydrogen) atoms. The minimum absolute atomic E-state index is 0.0136. The van der Waals surface area contributed by atoms with Crippen LogP contribution in [0, 0.1) is 0 Å². The monoisotopic (exact) mass is 208 g/mol. The van der Waals surface area contributed by atoms with Gasteiger partial charge in [-0.3, -0.25) is 14.6 Å². The second-order valence-corrected chi connectivity index (χ2v) is 2.87. The number of esters is 1. The van der Waals surface area contributed by atoms with Crippen molar-refractivity contribution in [2.75, 3.05) is 7.11 Å². The highest BCUT2D eigenvalue weighted by Crippen LogP contribution is 1.99. The van der Waals surface area contributed by atoms with Gasteiger partial charge in [0.25, 0.3) is 5.56 Å². The average molecular weight is 208 g/mol. The normalized spacial score (nSPS) is 10.5. The van der Waals surface area contributed by atoms with E-state index in [2.05, 4.69) is 19.8 Å². The fraction of sp³-hybridized carbons (Fsp3) is 0.250. The maximum atomic E-state index is 11.2. The Morgan fingerprint density at radius 2 is 2.47 bits per heavy atom. The molecule has 0 saturated heterocycles. The molecule has 0 atom stereocenters. The van der Waals surface area contributed by atoms with Crippen molar-refractivity contribution in [2.45, 2.75) is 6.42 Å². The third kappa shape index (κ3) is 1.71. The number of carbonyl (C=O) groups is 1. The van der Waals surface area contributed by atoms with Gasteiger partial charge in [-0.1, -0.05) is 0 Å². The summed E-state index contributed by atoms with van der Waals surface area (Å²) in [6.45, 7) is 0. The average Bonchev–Trinajstić information content (AvgIpc) is 2.65. The number of nitrogens with zero attached hydrogens (tertiary/aromatic N) is 3. The van der Waals surface area contributed by atoms with Crippen molar-refractivity contribution in [1.82, 2.24) is 19.6 Å². The van der Waals surface area contributed by atoms with Crippen molar-refractivity contribution in [1.29, 1.82) is 0 Å². The van der Waals surface area contributed by atoms with Gasteiger partial charge in [-0.15, -0.1) is 0 Å². The van der Waals surface area contributed by atoms with Crippen LogP contribution in [-0.4, -0.2) is 32.7 Å². The van der Waals surface area contributed by atoms with E-state index in [0.717, 1.165) is 0 Å². The Bertz CT molecular complexity index is 556. The molecule has 0 bridgehead atoms. The number of fused-ring (bicyclic) bond motifs is 1. The SMILES string of the molecule is COC(=O)Cc1cc(=O)[nH]c2ncnn12. The number of ether oxygens (including phenoxy) is 1. The second-order valence-electron chi connectivity index (χ2n) is 2.87. The standard InChI is InChI=1S/C8H8N4O3/c1-15-7(14)3-5-2-6(13)11-8-9-4-10-12(5)8/h2,4H,3H2,1H3,(H,9,10,11,13). The van der Waals surface area contributed by atoms with E-state index in [0.29, 0.717) is 11.5 Å². The Hall–Kier alpha value is -2.18. The first-order valence-corrected chi connectivity index (χ1v) is 4.19. The molecule has 0 amide bonds. The van der Waals surface area contributed by atoms with Crippen LogP contribution < -0.4 is 5.56 Å². The fourth-order valence-corrected chi connectivity index (χ4v) is 1.24. The smallest absolute Gasteiger partial charge is 0.311 e. The van der Waals surface area contributed by atoms with Crippen LogP contribution in [0.5, 0.6) is 0 Å². The molecule has 0 radical (unpaired) electrons. The highest BCUT2D eigenvalue weighted by atomic mass is 16.5. The van der Waals surface area contributed by atoms with Gasteiger partial charge in [0.2, 0.25) is 5.78 Å². The van der Waals surface area contributed by atoms with Crippen LogP contribution in [0.15, 0.2) is 17.2 Å². The zero-order valence-electron chi connectivity index (χ0n) is 7.93. The second kappa shape index (κ2) is 3.52. The van der Waals surface area contributed by atoms with Crippen LogP contribution >= 0.6 is 0 Å². The number of methoxy groups -OCH3 is 1. The number of nitrogens with one attached hydrogen (secondary N) is 1. The van der Waals surface area contributed by atoms with Crippen molar-refractivity contribution in [3.8, 4) is 0 Å². The van der Waals surface area contributed by atoms with Crippen LogP contribution in [0.25, 0.3) is 5.78 Å². The molecule has 2 aromatic rings. The number of aromatic nitrogens is 4. The predicted molar refractivity (Wildman–Crippen MR) is 49.3 cm³/mol. The molecule has 7 heteroatoms. The van der Waals surface area contributed by atoms with Crippen LogP contribution in [0.3, 0.4) is 0 Å². The Morgan fingerprint density at radius 1 is 1.67 bits per heavy atom. The van der Waals surface area contributed by atoms with Crippen molar-refractivity contribution in [3.63, 3.8) is 0 Å². The molecule has 2 heterocycles. The molecule has 0 fully saturated rings. The molecule has 7 nitrogen and oxygen atoms in total. The lowest BCUT2D eigenvalue weighted by Gasteiger charge is -2.01. The van der Waals surface area contributed by atoms with Crippen molar-refractivity contribution in [2.24, 2.45) is 0 Å². The van der Waals surface area contributed by atoms with Gasteiger partial charge < -0.3 is 4.74 Å². The van der Waals surface area contributed by atoms with Gasteiger partial charge in [0.05, 0.1) is 19.2 Å². The van der Waals surface area contributed by atoms with Gasteiger partial charge >= 0.3 is 5.97 Å². The third-order valence-corrected chi connectivity index (χ3v) is 1.91. The Balaban J connectivity index is 2.53.